The van der Waals surface area contributed by atoms with Crippen LogP contribution >= 0.6 is 0 Å². The van der Waals surface area contributed by atoms with E-state index in [-0.39, 0.29) is 0 Å². The lowest BCUT2D eigenvalue weighted by Gasteiger charge is -2.19. The van der Waals surface area contributed by atoms with Crippen LogP contribution in [0.3, 0.4) is 0 Å². The van der Waals surface area contributed by atoms with Gasteiger partial charge in [0, 0.05) is 18.8 Å². The molecule has 0 heterocycles. The molecule has 0 amide bonds. The molecule has 0 bridgehead atoms. The molecule has 18 heavy (non-hydrogen) atoms. The van der Waals surface area contributed by atoms with Crippen LogP contribution in [0.4, 0.5) is 5.69 Å². The Morgan fingerprint density at radius 2 is 1.61 bits per heavy atom. The summed E-state index contributed by atoms with van der Waals surface area (Å²) in [7, 11) is -3.43. The molecule has 4 nitrogen and oxygen atoms in total. The van der Waals surface area contributed by atoms with E-state index in [9.17, 15) is 8.42 Å². The number of rotatable bonds is 6. The van der Waals surface area contributed by atoms with Crippen LogP contribution in [-0.2, 0) is 10.2 Å². The highest BCUT2D eigenvalue weighted by Crippen LogP contribution is 2.18. The van der Waals surface area contributed by atoms with Gasteiger partial charge in [0.15, 0.2) is 0 Å². The summed E-state index contributed by atoms with van der Waals surface area (Å²) >= 11 is 0. The summed E-state index contributed by atoms with van der Waals surface area (Å²) in [5.41, 5.74) is 1.80. The van der Waals surface area contributed by atoms with Crippen molar-refractivity contribution in [1.82, 2.24) is 4.31 Å². The summed E-state index contributed by atoms with van der Waals surface area (Å²) in [4.78, 5) is 0. The molecule has 5 heteroatoms. The summed E-state index contributed by atoms with van der Waals surface area (Å²) in [5.74, 6) is 0.443. The second kappa shape index (κ2) is 6.20. The molecule has 0 fully saturated rings. The van der Waals surface area contributed by atoms with Crippen LogP contribution in [0.2, 0.25) is 0 Å². The standard InChI is InChI=1S/C13H22N2O2S/c1-5-15(6-2)18(16,17)14-13-9-7-12(8-10-13)11(3)4/h7-11,14H,5-6H2,1-4H3. The van der Waals surface area contributed by atoms with E-state index in [0.29, 0.717) is 24.7 Å². The Morgan fingerprint density at radius 3 is 2.00 bits per heavy atom. The molecule has 0 aliphatic carbocycles. The fraction of sp³-hybridized carbons (Fsp3) is 0.538. The number of nitrogens with zero attached hydrogens (tertiary/aromatic N) is 1. The van der Waals surface area contributed by atoms with Gasteiger partial charge in [-0.25, -0.2) is 0 Å². The van der Waals surface area contributed by atoms with E-state index in [1.54, 1.807) is 12.1 Å². The topological polar surface area (TPSA) is 49.4 Å². The van der Waals surface area contributed by atoms with E-state index in [1.807, 2.05) is 26.0 Å². The van der Waals surface area contributed by atoms with Crippen molar-refractivity contribution in [2.75, 3.05) is 17.8 Å². The van der Waals surface area contributed by atoms with Crippen molar-refractivity contribution < 1.29 is 8.42 Å². The Labute approximate surface area is 110 Å². The molecule has 0 aliphatic heterocycles. The molecular weight excluding hydrogens is 248 g/mol. The van der Waals surface area contributed by atoms with Crippen molar-refractivity contribution in [2.24, 2.45) is 0 Å². The first-order chi connectivity index (χ1) is 8.40. The fourth-order valence-electron chi connectivity index (χ4n) is 1.71. The molecule has 0 unspecified atom stereocenters. The molecule has 0 radical (unpaired) electrons. The van der Waals surface area contributed by atoms with Crippen molar-refractivity contribution in [3.05, 3.63) is 29.8 Å². The smallest absolute Gasteiger partial charge is 0.271 e. The predicted molar refractivity (Wildman–Crippen MR) is 76.0 cm³/mol. The molecule has 0 aromatic heterocycles. The lowest BCUT2D eigenvalue weighted by molar-refractivity contribution is 0.449. The highest BCUT2D eigenvalue weighted by atomic mass is 32.2. The minimum absolute atomic E-state index is 0.443. The number of hydrogen-bond donors (Lipinski definition) is 1. The molecule has 1 rings (SSSR count). The van der Waals surface area contributed by atoms with E-state index in [2.05, 4.69) is 18.6 Å². The number of benzene rings is 1. The van der Waals surface area contributed by atoms with Crippen molar-refractivity contribution >= 4 is 15.9 Å². The average molecular weight is 270 g/mol. The minimum Gasteiger partial charge on any atom is -0.271 e. The van der Waals surface area contributed by atoms with Gasteiger partial charge in [-0.1, -0.05) is 39.8 Å². The SMILES string of the molecule is CCN(CC)S(=O)(=O)Nc1ccc(C(C)C)cc1. The highest BCUT2D eigenvalue weighted by Gasteiger charge is 2.18. The van der Waals surface area contributed by atoms with Crippen molar-refractivity contribution in [3.63, 3.8) is 0 Å². The van der Waals surface area contributed by atoms with Gasteiger partial charge in [0.25, 0.3) is 0 Å². The maximum absolute atomic E-state index is 12.0. The van der Waals surface area contributed by atoms with Crippen molar-refractivity contribution in [1.29, 1.82) is 0 Å². The number of nitrogens with one attached hydrogen (secondary N) is 1. The lowest BCUT2D eigenvalue weighted by Crippen LogP contribution is -2.35. The summed E-state index contributed by atoms with van der Waals surface area (Å²) in [6.45, 7) is 8.80. The maximum atomic E-state index is 12.0. The first kappa shape index (κ1) is 15.0. The van der Waals surface area contributed by atoms with Crippen LogP contribution in [0.25, 0.3) is 0 Å². The Hall–Kier alpha value is -1.07. The third kappa shape index (κ3) is 3.71. The van der Waals surface area contributed by atoms with Gasteiger partial charge in [-0.2, -0.15) is 12.7 Å². The molecule has 1 N–H and O–H groups in total. The Morgan fingerprint density at radius 1 is 1.11 bits per heavy atom. The predicted octanol–water partition coefficient (Wildman–Crippen LogP) is 2.81. The summed E-state index contributed by atoms with van der Waals surface area (Å²) in [6.07, 6.45) is 0. The highest BCUT2D eigenvalue weighted by molar-refractivity contribution is 7.90. The summed E-state index contributed by atoms with van der Waals surface area (Å²) in [6, 6.07) is 7.50. The van der Waals surface area contributed by atoms with Crippen molar-refractivity contribution in [3.8, 4) is 0 Å². The van der Waals surface area contributed by atoms with Gasteiger partial charge in [0.1, 0.15) is 0 Å². The second-order valence-electron chi connectivity index (χ2n) is 4.47. The number of hydrogen-bond acceptors (Lipinski definition) is 2. The largest absolute Gasteiger partial charge is 0.301 e. The van der Waals surface area contributed by atoms with Crippen LogP contribution in [-0.4, -0.2) is 25.8 Å². The molecule has 0 saturated carbocycles. The third-order valence-electron chi connectivity index (χ3n) is 2.87. The molecule has 0 atom stereocenters. The first-order valence-corrected chi connectivity index (χ1v) is 7.72. The minimum atomic E-state index is -3.43. The molecule has 0 aliphatic rings. The quantitative estimate of drug-likeness (QED) is 0.864. The van der Waals surface area contributed by atoms with E-state index in [4.69, 9.17) is 0 Å². The van der Waals surface area contributed by atoms with Gasteiger partial charge < -0.3 is 0 Å². The molecule has 1 aromatic rings. The zero-order valence-electron chi connectivity index (χ0n) is 11.5. The van der Waals surface area contributed by atoms with Gasteiger partial charge in [0.05, 0.1) is 0 Å². The van der Waals surface area contributed by atoms with Crippen LogP contribution in [0.15, 0.2) is 24.3 Å². The van der Waals surface area contributed by atoms with E-state index in [1.165, 1.54) is 9.87 Å². The zero-order valence-corrected chi connectivity index (χ0v) is 12.3. The maximum Gasteiger partial charge on any atom is 0.301 e. The van der Waals surface area contributed by atoms with Crippen LogP contribution in [0, 0.1) is 0 Å². The van der Waals surface area contributed by atoms with Crippen molar-refractivity contribution in [2.45, 2.75) is 33.6 Å². The van der Waals surface area contributed by atoms with Gasteiger partial charge in [0.2, 0.25) is 0 Å². The van der Waals surface area contributed by atoms with E-state index >= 15 is 0 Å². The molecule has 0 saturated heterocycles. The van der Waals surface area contributed by atoms with Gasteiger partial charge >= 0.3 is 10.2 Å². The van der Waals surface area contributed by atoms with Gasteiger partial charge in [-0.3, -0.25) is 4.72 Å². The Kier molecular flexibility index (Phi) is 5.16. The number of anilines is 1. The molecule has 0 spiro atoms. The summed E-state index contributed by atoms with van der Waals surface area (Å²) < 4.78 is 28.0. The molecule has 1 aromatic carbocycles. The van der Waals surface area contributed by atoms with Crippen LogP contribution in [0.1, 0.15) is 39.2 Å². The summed E-state index contributed by atoms with van der Waals surface area (Å²) in [5, 5.41) is 0. The molecule has 102 valence electrons. The first-order valence-electron chi connectivity index (χ1n) is 6.28. The Bertz CT molecular complexity index is 462. The molecular formula is C13H22N2O2S. The second-order valence-corrected chi connectivity index (χ2v) is 6.14. The van der Waals surface area contributed by atoms with Gasteiger partial charge in [-0.05, 0) is 23.6 Å². The Balaban J connectivity index is 2.84. The van der Waals surface area contributed by atoms with Crippen LogP contribution in [0.5, 0.6) is 0 Å². The average Bonchev–Trinajstić information content (AvgIpc) is 2.30. The fourth-order valence-corrected chi connectivity index (χ4v) is 2.96. The van der Waals surface area contributed by atoms with E-state index in [0.717, 1.165) is 0 Å². The lowest BCUT2D eigenvalue weighted by atomic mass is 10.0. The monoisotopic (exact) mass is 270 g/mol. The zero-order chi connectivity index (χ0) is 13.8. The normalized spacial score (nSPS) is 12.1. The van der Waals surface area contributed by atoms with E-state index < -0.39 is 10.2 Å². The third-order valence-corrected chi connectivity index (χ3v) is 4.56. The van der Waals surface area contributed by atoms with Crippen LogP contribution < -0.4 is 4.72 Å². The van der Waals surface area contributed by atoms with Gasteiger partial charge in [-0.15, -0.1) is 0 Å².